The van der Waals surface area contributed by atoms with Crippen LogP contribution >= 0.6 is 0 Å². The van der Waals surface area contributed by atoms with Gasteiger partial charge in [0.05, 0.1) is 11.3 Å². The van der Waals surface area contributed by atoms with Crippen LogP contribution in [0.25, 0.3) is 0 Å². The second-order valence-electron chi connectivity index (χ2n) is 6.09. The number of piperidine rings is 1. The van der Waals surface area contributed by atoms with E-state index >= 15 is 0 Å². The molecule has 1 unspecified atom stereocenters. The van der Waals surface area contributed by atoms with Crippen molar-refractivity contribution in [3.63, 3.8) is 0 Å². The third-order valence-electron chi connectivity index (χ3n) is 4.60. The molecule has 2 aliphatic rings. The summed E-state index contributed by atoms with van der Waals surface area (Å²) in [6.07, 6.45) is 0.690. The zero-order valence-corrected chi connectivity index (χ0v) is 11.6. The Balaban J connectivity index is 1.70. The van der Waals surface area contributed by atoms with Gasteiger partial charge in [0.2, 0.25) is 0 Å². The summed E-state index contributed by atoms with van der Waals surface area (Å²) in [6, 6.07) is 2.78. The number of halogens is 4. The lowest BCUT2D eigenvalue weighted by Crippen LogP contribution is -2.58. The number of alkyl halides is 3. The lowest BCUT2D eigenvalue weighted by Gasteiger charge is -2.48. The number of benzene rings is 1. The Hall–Kier alpha value is -1.30. The molecule has 1 aromatic carbocycles. The van der Waals surface area contributed by atoms with Crippen molar-refractivity contribution in [3.8, 4) is 0 Å². The normalized spacial score (nSPS) is 24.7. The van der Waals surface area contributed by atoms with E-state index in [2.05, 4.69) is 10.6 Å². The van der Waals surface area contributed by atoms with Crippen LogP contribution in [0.15, 0.2) is 18.2 Å². The SMILES string of the molecule is Fc1cc(C(F)(F)F)ccc1NC1CCNC2(CCC2)C1. The number of rotatable bonds is 2. The first-order chi connectivity index (χ1) is 9.88. The van der Waals surface area contributed by atoms with Gasteiger partial charge in [-0.25, -0.2) is 4.39 Å². The maximum Gasteiger partial charge on any atom is 0.416 e. The second kappa shape index (κ2) is 5.16. The van der Waals surface area contributed by atoms with Crippen LogP contribution in [0.3, 0.4) is 0 Å². The molecule has 1 saturated heterocycles. The molecule has 1 atom stereocenters. The van der Waals surface area contributed by atoms with Gasteiger partial charge in [-0.15, -0.1) is 0 Å². The molecule has 21 heavy (non-hydrogen) atoms. The number of hydrogen-bond acceptors (Lipinski definition) is 2. The molecular weight excluding hydrogens is 284 g/mol. The van der Waals surface area contributed by atoms with Crippen LogP contribution in [0.5, 0.6) is 0 Å². The van der Waals surface area contributed by atoms with Crippen molar-refractivity contribution in [1.82, 2.24) is 5.32 Å². The van der Waals surface area contributed by atoms with Crippen LogP contribution in [0, 0.1) is 5.82 Å². The summed E-state index contributed by atoms with van der Waals surface area (Å²) in [7, 11) is 0. The summed E-state index contributed by atoms with van der Waals surface area (Å²) in [5, 5.41) is 6.58. The summed E-state index contributed by atoms with van der Waals surface area (Å²) in [4.78, 5) is 0. The molecule has 116 valence electrons. The van der Waals surface area contributed by atoms with Crippen molar-refractivity contribution >= 4 is 5.69 Å². The fraction of sp³-hybridized carbons (Fsp3) is 0.600. The van der Waals surface area contributed by atoms with E-state index in [-0.39, 0.29) is 17.3 Å². The first kappa shape index (κ1) is 14.6. The summed E-state index contributed by atoms with van der Waals surface area (Å²) in [5.41, 5.74) is -0.631. The lowest BCUT2D eigenvalue weighted by atomic mass is 9.70. The highest BCUT2D eigenvalue weighted by Gasteiger charge is 2.41. The maximum absolute atomic E-state index is 13.8. The van der Waals surface area contributed by atoms with E-state index in [1.165, 1.54) is 12.5 Å². The van der Waals surface area contributed by atoms with Crippen LogP contribution < -0.4 is 10.6 Å². The minimum atomic E-state index is -4.51. The number of hydrogen-bond donors (Lipinski definition) is 2. The van der Waals surface area contributed by atoms with Crippen LogP contribution in [0.4, 0.5) is 23.2 Å². The first-order valence-corrected chi connectivity index (χ1v) is 7.26. The van der Waals surface area contributed by atoms with Crippen LogP contribution in [0.1, 0.15) is 37.7 Å². The van der Waals surface area contributed by atoms with E-state index in [1.807, 2.05) is 0 Å². The van der Waals surface area contributed by atoms with E-state index < -0.39 is 17.6 Å². The van der Waals surface area contributed by atoms with Crippen molar-refractivity contribution < 1.29 is 17.6 Å². The monoisotopic (exact) mass is 302 g/mol. The molecule has 2 N–H and O–H groups in total. The summed E-state index contributed by atoms with van der Waals surface area (Å²) in [5.74, 6) is -0.842. The Morgan fingerprint density at radius 1 is 1.24 bits per heavy atom. The van der Waals surface area contributed by atoms with Crippen LogP contribution in [-0.2, 0) is 6.18 Å². The second-order valence-corrected chi connectivity index (χ2v) is 6.09. The Labute approximate surface area is 120 Å². The van der Waals surface area contributed by atoms with Crippen LogP contribution in [0.2, 0.25) is 0 Å². The van der Waals surface area contributed by atoms with Crippen molar-refractivity contribution in [2.75, 3.05) is 11.9 Å². The molecule has 1 aliphatic carbocycles. The van der Waals surface area contributed by atoms with Gasteiger partial charge >= 0.3 is 6.18 Å². The fourth-order valence-corrected chi connectivity index (χ4v) is 3.29. The zero-order chi connectivity index (χ0) is 15.1. The molecule has 3 rings (SSSR count). The van der Waals surface area contributed by atoms with Gasteiger partial charge in [-0.2, -0.15) is 13.2 Å². The quantitative estimate of drug-likeness (QED) is 0.809. The minimum absolute atomic E-state index is 0.109. The van der Waals surface area contributed by atoms with Crippen molar-refractivity contribution in [1.29, 1.82) is 0 Å². The lowest BCUT2D eigenvalue weighted by molar-refractivity contribution is -0.137. The first-order valence-electron chi connectivity index (χ1n) is 7.26. The topological polar surface area (TPSA) is 24.1 Å². The molecule has 1 aliphatic heterocycles. The van der Waals surface area contributed by atoms with E-state index in [1.54, 1.807) is 0 Å². The molecule has 0 radical (unpaired) electrons. The molecule has 1 saturated carbocycles. The highest BCUT2D eigenvalue weighted by Crippen LogP contribution is 2.39. The van der Waals surface area contributed by atoms with Gasteiger partial charge in [0, 0.05) is 11.6 Å². The molecule has 2 nitrogen and oxygen atoms in total. The van der Waals surface area contributed by atoms with Gasteiger partial charge in [0.25, 0.3) is 0 Å². The third-order valence-corrected chi connectivity index (χ3v) is 4.60. The Bertz CT molecular complexity index is 523. The molecule has 1 aromatic rings. The van der Waals surface area contributed by atoms with E-state index in [4.69, 9.17) is 0 Å². The predicted octanol–water partition coefficient (Wildman–Crippen LogP) is 3.93. The fourth-order valence-electron chi connectivity index (χ4n) is 3.29. The molecule has 1 heterocycles. The van der Waals surface area contributed by atoms with Gasteiger partial charge < -0.3 is 10.6 Å². The maximum atomic E-state index is 13.8. The van der Waals surface area contributed by atoms with Gasteiger partial charge in [-0.1, -0.05) is 0 Å². The summed E-state index contributed by atoms with van der Waals surface area (Å²) in [6.45, 7) is 0.861. The van der Waals surface area contributed by atoms with Crippen molar-refractivity contribution in [2.45, 2.75) is 49.9 Å². The van der Waals surface area contributed by atoms with Crippen LogP contribution in [-0.4, -0.2) is 18.1 Å². The number of anilines is 1. The number of nitrogens with one attached hydrogen (secondary N) is 2. The van der Waals surface area contributed by atoms with E-state index in [9.17, 15) is 17.6 Å². The molecule has 6 heteroatoms. The van der Waals surface area contributed by atoms with Crippen molar-refractivity contribution in [2.24, 2.45) is 0 Å². The standard InChI is InChI=1S/C15H18F4N2/c16-12-8-10(15(17,18)19)2-3-13(12)21-11-4-7-20-14(9-11)5-1-6-14/h2-3,8,11,20-21H,1,4-7,9H2. The van der Waals surface area contributed by atoms with E-state index in [0.29, 0.717) is 6.07 Å². The average molecular weight is 302 g/mol. The largest absolute Gasteiger partial charge is 0.416 e. The Kier molecular flexibility index (Phi) is 3.59. The molecule has 2 fully saturated rings. The molecule has 0 aromatic heterocycles. The van der Waals surface area contributed by atoms with E-state index in [0.717, 1.165) is 38.3 Å². The highest BCUT2D eigenvalue weighted by molar-refractivity contribution is 5.48. The average Bonchev–Trinajstić information content (AvgIpc) is 2.38. The third kappa shape index (κ3) is 3.00. The van der Waals surface area contributed by atoms with Gasteiger partial charge in [-0.05, 0) is 56.8 Å². The molecule has 0 bridgehead atoms. The summed E-state index contributed by atoms with van der Waals surface area (Å²) >= 11 is 0. The molecule has 0 amide bonds. The zero-order valence-electron chi connectivity index (χ0n) is 11.6. The van der Waals surface area contributed by atoms with Gasteiger partial charge in [0.15, 0.2) is 0 Å². The minimum Gasteiger partial charge on any atom is -0.380 e. The smallest absolute Gasteiger partial charge is 0.380 e. The Morgan fingerprint density at radius 2 is 2.00 bits per heavy atom. The molecule has 1 spiro atoms. The van der Waals surface area contributed by atoms with Gasteiger partial charge in [0.1, 0.15) is 5.82 Å². The van der Waals surface area contributed by atoms with Crippen molar-refractivity contribution in [3.05, 3.63) is 29.6 Å². The summed E-state index contributed by atoms with van der Waals surface area (Å²) < 4.78 is 51.4. The highest BCUT2D eigenvalue weighted by atomic mass is 19.4. The molecular formula is C15H18F4N2. The Morgan fingerprint density at radius 3 is 2.57 bits per heavy atom. The van der Waals surface area contributed by atoms with Gasteiger partial charge in [-0.3, -0.25) is 0 Å². The predicted molar refractivity (Wildman–Crippen MR) is 72.6 cm³/mol.